The molecule has 0 aliphatic rings. The molecule has 0 saturated carbocycles. The van der Waals surface area contributed by atoms with Gasteiger partial charge in [0.05, 0.1) is 18.0 Å². The third kappa shape index (κ3) is 7.77. The molecule has 0 N–H and O–H groups in total. The number of benzene rings is 2. The van der Waals surface area contributed by atoms with Crippen LogP contribution in [0.15, 0.2) is 58.7 Å². The first-order valence-corrected chi connectivity index (χ1v) is 9.31. The van der Waals surface area contributed by atoms with Crippen molar-refractivity contribution in [3.8, 4) is 0 Å². The number of alkyl halides is 3. The number of aryl methyl sites for hydroxylation is 1. The molecule has 0 amide bonds. The lowest BCUT2D eigenvalue weighted by molar-refractivity contribution is -0.137. The van der Waals surface area contributed by atoms with E-state index in [0.29, 0.717) is 5.56 Å². The van der Waals surface area contributed by atoms with Crippen molar-refractivity contribution in [1.29, 1.82) is 0 Å². The Hall–Kier alpha value is -2.43. The standard InChI is InChI=1S/C22H25F3N2/c1-2-3-4-5-6-7-18-8-10-19(11-9-18)16-26-27-17-20-12-14-21(15-13-20)22(23,24)25/h8-17H,2-7H2,1H3/b26-16+,27-17+. The summed E-state index contributed by atoms with van der Waals surface area (Å²) >= 11 is 0. The van der Waals surface area contributed by atoms with E-state index in [-0.39, 0.29) is 0 Å². The van der Waals surface area contributed by atoms with Crippen LogP contribution < -0.4 is 0 Å². The fraction of sp³-hybridized carbons (Fsp3) is 0.364. The summed E-state index contributed by atoms with van der Waals surface area (Å²) in [5.74, 6) is 0. The molecule has 5 heteroatoms. The van der Waals surface area contributed by atoms with Gasteiger partial charge < -0.3 is 0 Å². The number of hydrogen-bond acceptors (Lipinski definition) is 2. The predicted octanol–water partition coefficient (Wildman–Crippen LogP) is 6.67. The molecule has 0 fully saturated rings. The molecule has 0 atom stereocenters. The molecular formula is C22H25F3N2. The van der Waals surface area contributed by atoms with Gasteiger partial charge in [-0.25, -0.2) is 0 Å². The van der Waals surface area contributed by atoms with Crippen LogP contribution in [0.3, 0.4) is 0 Å². The Kier molecular flexibility index (Phi) is 8.24. The minimum absolute atomic E-state index is 0.568. The van der Waals surface area contributed by atoms with Crippen LogP contribution >= 0.6 is 0 Å². The van der Waals surface area contributed by atoms with Crippen LogP contribution in [-0.2, 0) is 12.6 Å². The van der Waals surface area contributed by atoms with Crippen LogP contribution in [0.1, 0.15) is 61.3 Å². The summed E-state index contributed by atoms with van der Waals surface area (Å²) in [4.78, 5) is 0. The molecule has 2 aromatic rings. The van der Waals surface area contributed by atoms with E-state index in [1.165, 1.54) is 56.0 Å². The van der Waals surface area contributed by atoms with Crippen molar-refractivity contribution in [2.45, 2.75) is 51.6 Å². The van der Waals surface area contributed by atoms with Gasteiger partial charge in [0.25, 0.3) is 0 Å². The Morgan fingerprint density at radius 2 is 1.26 bits per heavy atom. The maximum atomic E-state index is 12.5. The molecule has 0 aliphatic heterocycles. The maximum Gasteiger partial charge on any atom is 0.416 e. The second kappa shape index (κ2) is 10.7. The first-order valence-electron chi connectivity index (χ1n) is 9.31. The number of unbranched alkanes of at least 4 members (excludes halogenated alkanes) is 4. The van der Waals surface area contributed by atoms with E-state index in [0.717, 1.165) is 24.1 Å². The lowest BCUT2D eigenvalue weighted by atomic mass is 10.0. The van der Waals surface area contributed by atoms with Gasteiger partial charge in [0.1, 0.15) is 0 Å². The highest BCUT2D eigenvalue weighted by molar-refractivity contribution is 5.82. The zero-order valence-corrected chi connectivity index (χ0v) is 15.5. The van der Waals surface area contributed by atoms with Crippen LogP contribution in [0.4, 0.5) is 13.2 Å². The monoisotopic (exact) mass is 374 g/mol. The van der Waals surface area contributed by atoms with Gasteiger partial charge in [-0.1, -0.05) is 69.0 Å². The van der Waals surface area contributed by atoms with E-state index < -0.39 is 11.7 Å². The average molecular weight is 374 g/mol. The number of hydrogen-bond donors (Lipinski definition) is 0. The Bertz CT molecular complexity index is 730. The van der Waals surface area contributed by atoms with Gasteiger partial charge in [0, 0.05) is 0 Å². The minimum Gasteiger partial charge on any atom is -0.166 e. The van der Waals surface area contributed by atoms with Gasteiger partial charge in [-0.3, -0.25) is 0 Å². The Balaban J connectivity index is 1.81. The molecule has 2 nitrogen and oxygen atoms in total. The third-order valence-electron chi connectivity index (χ3n) is 4.27. The first kappa shape index (κ1) is 20.9. The molecule has 144 valence electrons. The molecule has 27 heavy (non-hydrogen) atoms. The number of nitrogens with zero attached hydrogens (tertiary/aromatic N) is 2. The normalized spacial score (nSPS) is 12.3. The molecule has 2 aromatic carbocycles. The summed E-state index contributed by atoms with van der Waals surface area (Å²) in [5, 5.41) is 7.85. The molecule has 0 spiro atoms. The number of rotatable bonds is 9. The summed E-state index contributed by atoms with van der Waals surface area (Å²) in [7, 11) is 0. The average Bonchev–Trinajstić information content (AvgIpc) is 2.66. The van der Waals surface area contributed by atoms with Gasteiger partial charge in [0.15, 0.2) is 0 Å². The maximum absolute atomic E-state index is 12.5. The second-order valence-corrected chi connectivity index (χ2v) is 6.51. The van der Waals surface area contributed by atoms with E-state index >= 15 is 0 Å². The third-order valence-corrected chi connectivity index (χ3v) is 4.27. The minimum atomic E-state index is -4.32. The summed E-state index contributed by atoms with van der Waals surface area (Å²) in [6.45, 7) is 2.22. The molecule has 0 aliphatic carbocycles. The van der Waals surface area contributed by atoms with E-state index in [4.69, 9.17) is 0 Å². The first-order chi connectivity index (χ1) is 13.0. The van der Waals surface area contributed by atoms with Gasteiger partial charge in [-0.15, -0.1) is 0 Å². The Labute approximate surface area is 158 Å². The zero-order valence-electron chi connectivity index (χ0n) is 15.5. The molecule has 2 rings (SSSR count). The molecule has 0 bridgehead atoms. The number of halogens is 3. The molecule has 0 radical (unpaired) electrons. The van der Waals surface area contributed by atoms with Crippen molar-refractivity contribution in [2.24, 2.45) is 10.2 Å². The van der Waals surface area contributed by atoms with E-state index in [2.05, 4.69) is 29.3 Å². The smallest absolute Gasteiger partial charge is 0.166 e. The van der Waals surface area contributed by atoms with Crippen molar-refractivity contribution in [1.82, 2.24) is 0 Å². The molecule has 0 saturated heterocycles. The van der Waals surface area contributed by atoms with Crippen LogP contribution in [0, 0.1) is 0 Å². The van der Waals surface area contributed by atoms with Crippen molar-refractivity contribution in [2.75, 3.05) is 0 Å². The zero-order chi connectivity index (χ0) is 19.5. The Morgan fingerprint density at radius 3 is 1.78 bits per heavy atom. The van der Waals surface area contributed by atoms with Gasteiger partial charge in [0.2, 0.25) is 0 Å². The molecule has 0 aromatic heterocycles. The summed E-state index contributed by atoms with van der Waals surface area (Å²) in [5.41, 5.74) is 2.15. The quantitative estimate of drug-likeness (QED) is 0.266. The topological polar surface area (TPSA) is 24.7 Å². The van der Waals surface area contributed by atoms with Crippen molar-refractivity contribution >= 4 is 12.4 Å². The summed E-state index contributed by atoms with van der Waals surface area (Å²) in [6, 6.07) is 13.0. The predicted molar refractivity (Wildman–Crippen MR) is 106 cm³/mol. The van der Waals surface area contributed by atoms with Gasteiger partial charge in [-0.05, 0) is 41.7 Å². The summed E-state index contributed by atoms with van der Waals surface area (Å²) in [6.07, 6.45) is 6.19. The highest BCUT2D eigenvalue weighted by atomic mass is 19.4. The summed E-state index contributed by atoms with van der Waals surface area (Å²) < 4.78 is 37.5. The van der Waals surface area contributed by atoms with E-state index in [1.54, 1.807) is 6.21 Å². The molecule has 0 unspecified atom stereocenters. The SMILES string of the molecule is CCCCCCCc1ccc(/C=N/N=C/c2ccc(C(F)(F)F)cc2)cc1. The lowest BCUT2D eigenvalue weighted by Crippen LogP contribution is -2.04. The fourth-order valence-electron chi connectivity index (χ4n) is 2.66. The highest BCUT2D eigenvalue weighted by Crippen LogP contribution is 2.28. The van der Waals surface area contributed by atoms with Crippen molar-refractivity contribution < 1.29 is 13.2 Å². The fourth-order valence-corrected chi connectivity index (χ4v) is 2.66. The molecular weight excluding hydrogens is 349 g/mol. The van der Waals surface area contributed by atoms with E-state index in [9.17, 15) is 13.2 Å². The highest BCUT2D eigenvalue weighted by Gasteiger charge is 2.29. The van der Waals surface area contributed by atoms with Crippen molar-refractivity contribution in [3.05, 3.63) is 70.8 Å². The van der Waals surface area contributed by atoms with Crippen molar-refractivity contribution in [3.63, 3.8) is 0 Å². The van der Waals surface area contributed by atoms with E-state index in [1.807, 2.05) is 12.1 Å². The van der Waals surface area contributed by atoms with Gasteiger partial charge in [-0.2, -0.15) is 23.4 Å². The largest absolute Gasteiger partial charge is 0.416 e. The second-order valence-electron chi connectivity index (χ2n) is 6.51. The van der Waals surface area contributed by atoms with Crippen LogP contribution in [0.25, 0.3) is 0 Å². The Morgan fingerprint density at radius 1 is 0.741 bits per heavy atom. The molecule has 0 heterocycles. The van der Waals surface area contributed by atoms with Crippen LogP contribution in [0.5, 0.6) is 0 Å². The van der Waals surface area contributed by atoms with Crippen LogP contribution in [0.2, 0.25) is 0 Å². The van der Waals surface area contributed by atoms with Gasteiger partial charge >= 0.3 is 6.18 Å². The van der Waals surface area contributed by atoms with Crippen LogP contribution in [-0.4, -0.2) is 12.4 Å². The lowest BCUT2D eigenvalue weighted by Gasteiger charge is -2.05.